The largest absolute Gasteiger partial charge is 0.314 e. The maximum absolute atomic E-state index is 11.4. The van der Waals surface area contributed by atoms with Crippen molar-refractivity contribution in [3.05, 3.63) is 0 Å². The molecule has 0 aliphatic heterocycles. The zero-order valence-electron chi connectivity index (χ0n) is 12.4. The van der Waals surface area contributed by atoms with Gasteiger partial charge < -0.3 is 10.2 Å². The van der Waals surface area contributed by atoms with Gasteiger partial charge in [-0.15, -0.1) is 0 Å². The molecule has 0 aliphatic carbocycles. The highest BCUT2D eigenvalue weighted by Crippen LogP contribution is 2.06. The van der Waals surface area contributed by atoms with Gasteiger partial charge in [-0.2, -0.15) is 0 Å². The summed E-state index contributed by atoms with van der Waals surface area (Å²) >= 11 is 0. The molecule has 0 fully saturated rings. The molecule has 4 nitrogen and oxygen atoms in total. The van der Waals surface area contributed by atoms with E-state index in [0.29, 0.717) is 11.8 Å². The van der Waals surface area contributed by atoms with Crippen LogP contribution in [0.15, 0.2) is 0 Å². The first-order chi connectivity index (χ1) is 8.41. The molecule has 0 amide bonds. The first kappa shape index (κ1) is 17.9. The number of nitrogens with one attached hydrogen (secondary N) is 1. The Labute approximate surface area is 113 Å². The molecule has 0 saturated heterocycles. The fourth-order valence-corrected chi connectivity index (χ4v) is 2.70. The number of hydrogen-bond donors (Lipinski definition) is 1. The van der Waals surface area contributed by atoms with Crippen molar-refractivity contribution >= 4 is 9.84 Å². The fraction of sp³-hybridized carbons (Fsp3) is 1.00. The second-order valence-corrected chi connectivity index (χ2v) is 7.59. The molecule has 5 heteroatoms. The van der Waals surface area contributed by atoms with Gasteiger partial charge in [-0.05, 0) is 52.9 Å². The predicted octanol–water partition coefficient (Wildman–Crippen LogP) is 1.52. The lowest BCUT2D eigenvalue weighted by Crippen LogP contribution is -2.33. The molecule has 0 saturated carbocycles. The van der Waals surface area contributed by atoms with Crippen LogP contribution < -0.4 is 5.32 Å². The third-order valence-electron chi connectivity index (χ3n) is 3.06. The summed E-state index contributed by atoms with van der Waals surface area (Å²) in [5.41, 5.74) is 0. The third kappa shape index (κ3) is 9.85. The molecule has 1 atom stereocenters. The molecule has 0 aliphatic rings. The van der Waals surface area contributed by atoms with Crippen LogP contribution in [-0.2, 0) is 9.84 Å². The van der Waals surface area contributed by atoms with Crippen molar-refractivity contribution in [2.45, 2.75) is 45.6 Å². The van der Waals surface area contributed by atoms with Gasteiger partial charge in [-0.1, -0.05) is 13.8 Å². The van der Waals surface area contributed by atoms with Gasteiger partial charge in [0, 0.05) is 11.8 Å². The Hall–Kier alpha value is -0.130. The van der Waals surface area contributed by atoms with E-state index >= 15 is 0 Å². The van der Waals surface area contributed by atoms with Gasteiger partial charge in [0.25, 0.3) is 0 Å². The van der Waals surface area contributed by atoms with E-state index in [2.05, 4.69) is 31.2 Å². The van der Waals surface area contributed by atoms with Crippen LogP contribution in [0.5, 0.6) is 0 Å². The van der Waals surface area contributed by atoms with Crippen molar-refractivity contribution in [2.24, 2.45) is 0 Å². The molecule has 0 aromatic heterocycles. The Morgan fingerprint density at radius 3 is 2.33 bits per heavy atom. The quantitative estimate of drug-likeness (QED) is 0.622. The standard InChI is InChI=1S/C13H30N2O2S/c1-5-10-14-13(9-11-15(3)4)8-7-12-18(16,17)6-2/h13-14H,5-12H2,1-4H3. The van der Waals surface area contributed by atoms with Crippen LogP contribution in [0, 0.1) is 0 Å². The van der Waals surface area contributed by atoms with E-state index in [0.717, 1.165) is 38.8 Å². The molecule has 0 radical (unpaired) electrons. The lowest BCUT2D eigenvalue weighted by Gasteiger charge is -2.20. The minimum atomic E-state index is -2.81. The number of sulfone groups is 1. The third-order valence-corrected chi connectivity index (χ3v) is 4.85. The summed E-state index contributed by atoms with van der Waals surface area (Å²) in [5, 5.41) is 3.51. The highest BCUT2D eigenvalue weighted by atomic mass is 32.2. The molecule has 110 valence electrons. The van der Waals surface area contributed by atoms with E-state index in [1.165, 1.54) is 0 Å². The predicted molar refractivity (Wildman–Crippen MR) is 78.8 cm³/mol. The topological polar surface area (TPSA) is 49.4 Å². The SMILES string of the molecule is CCCNC(CCCS(=O)(=O)CC)CCN(C)C. The minimum absolute atomic E-state index is 0.262. The van der Waals surface area contributed by atoms with E-state index in [-0.39, 0.29) is 5.75 Å². The van der Waals surface area contributed by atoms with Crippen LogP contribution in [0.25, 0.3) is 0 Å². The smallest absolute Gasteiger partial charge is 0.150 e. The highest BCUT2D eigenvalue weighted by Gasteiger charge is 2.11. The summed E-state index contributed by atoms with van der Waals surface area (Å²) in [6.45, 7) is 5.92. The van der Waals surface area contributed by atoms with Gasteiger partial charge >= 0.3 is 0 Å². The Morgan fingerprint density at radius 2 is 1.83 bits per heavy atom. The first-order valence-electron chi connectivity index (χ1n) is 6.99. The molecule has 18 heavy (non-hydrogen) atoms. The van der Waals surface area contributed by atoms with E-state index in [1.807, 2.05) is 0 Å². The van der Waals surface area contributed by atoms with Gasteiger partial charge in [0.2, 0.25) is 0 Å². The monoisotopic (exact) mass is 278 g/mol. The summed E-state index contributed by atoms with van der Waals surface area (Å²) in [6.07, 6.45) is 3.92. The molecule has 0 rings (SSSR count). The van der Waals surface area contributed by atoms with Crippen LogP contribution in [0.1, 0.15) is 39.5 Å². The number of hydrogen-bond acceptors (Lipinski definition) is 4. The van der Waals surface area contributed by atoms with Crippen molar-refractivity contribution in [1.82, 2.24) is 10.2 Å². The van der Waals surface area contributed by atoms with E-state index in [4.69, 9.17) is 0 Å². The number of nitrogens with zero attached hydrogens (tertiary/aromatic N) is 1. The molecular formula is C13H30N2O2S. The first-order valence-corrected chi connectivity index (χ1v) is 8.82. The van der Waals surface area contributed by atoms with E-state index < -0.39 is 9.84 Å². The second kappa shape index (κ2) is 9.75. The van der Waals surface area contributed by atoms with Gasteiger partial charge in [-0.25, -0.2) is 8.42 Å². The molecular weight excluding hydrogens is 248 g/mol. The number of rotatable bonds is 11. The molecule has 0 aromatic carbocycles. The van der Waals surface area contributed by atoms with Crippen molar-refractivity contribution in [3.63, 3.8) is 0 Å². The molecule has 0 aromatic rings. The van der Waals surface area contributed by atoms with E-state index in [1.54, 1.807) is 6.92 Å². The minimum Gasteiger partial charge on any atom is -0.314 e. The van der Waals surface area contributed by atoms with Gasteiger partial charge in [0.1, 0.15) is 9.84 Å². The molecule has 0 spiro atoms. The van der Waals surface area contributed by atoms with Crippen molar-refractivity contribution in [1.29, 1.82) is 0 Å². The maximum Gasteiger partial charge on any atom is 0.150 e. The van der Waals surface area contributed by atoms with Crippen LogP contribution in [0.3, 0.4) is 0 Å². The lowest BCUT2D eigenvalue weighted by molar-refractivity contribution is 0.347. The fourth-order valence-electron chi connectivity index (χ4n) is 1.80. The lowest BCUT2D eigenvalue weighted by atomic mass is 10.1. The summed E-state index contributed by atoms with van der Waals surface area (Å²) in [4.78, 5) is 2.17. The van der Waals surface area contributed by atoms with Crippen LogP contribution in [0.2, 0.25) is 0 Å². The van der Waals surface area contributed by atoms with Gasteiger partial charge in [0.15, 0.2) is 0 Å². The molecule has 1 unspecified atom stereocenters. The second-order valence-electron chi connectivity index (χ2n) is 5.12. The van der Waals surface area contributed by atoms with Gasteiger partial charge in [0.05, 0.1) is 5.75 Å². The van der Waals surface area contributed by atoms with Crippen molar-refractivity contribution in [3.8, 4) is 0 Å². The van der Waals surface area contributed by atoms with Crippen LogP contribution >= 0.6 is 0 Å². The Kier molecular flexibility index (Phi) is 9.68. The zero-order chi connectivity index (χ0) is 14.0. The molecule has 1 N–H and O–H groups in total. The van der Waals surface area contributed by atoms with Crippen molar-refractivity contribution < 1.29 is 8.42 Å². The summed E-state index contributed by atoms with van der Waals surface area (Å²) in [6, 6.07) is 0.444. The van der Waals surface area contributed by atoms with Crippen molar-refractivity contribution in [2.75, 3.05) is 38.7 Å². The maximum atomic E-state index is 11.4. The average Bonchev–Trinajstić information content (AvgIpc) is 2.31. The molecule has 0 heterocycles. The average molecular weight is 278 g/mol. The summed E-state index contributed by atoms with van der Waals surface area (Å²) < 4.78 is 22.9. The summed E-state index contributed by atoms with van der Waals surface area (Å²) in [5.74, 6) is 0.591. The Morgan fingerprint density at radius 1 is 1.17 bits per heavy atom. The van der Waals surface area contributed by atoms with E-state index in [9.17, 15) is 8.42 Å². The normalized spacial score (nSPS) is 14.1. The van der Waals surface area contributed by atoms with Gasteiger partial charge in [-0.3, -0.25) is 0 Å². The Balaban J connectivity index is 3.99. The van der Waals surface area contributed by atoms with Crippen LogP contribution in [-0.4, -0.2) is 58.1 Å². The Bertz CT molecular complexity index is 289. The summed E-state index contributed by atoms with van der Waals surface area (Å²) in [7, 11) is 1.33. The highest BCUT2D eigenvalue weighted by molar-refractivity contribution is 7.91. The molecule has 0 bridgehead atoms. The zero-order valence-corrected chi connectivity index (χ0v) is 13.2. The van der Waals surface area contributed by atoms with Crippen LogP contribution in [0.4, 0.5) is 0 Å².